The van der Waals surface area contributed by atoms with Gasteiger partial charge in [0.15, 0.2) is 5.13 Å². The van der Waals surface area contributed by atoms with E-state index in [1.807, 2.05) is 0 Å². The molecular formula is C12H18N4O4S. The number of rotatable bonds is 7. The number of anilines is 1. The number of primary amides is 1. The highest BCUT2D eigenvalue weighted by atomic mass is 32.1. The van der Waals surface area contributed by atoms with Crippen molar-refractivity contribution in [1.29, 1.82) is 0 Å². The van der Waals surface area contributed by atoms with E-state index in [1.54, 1.807) is 5.38 Å². The summed E-state index contributed by atoms with van der Waals surface area (Å²) in [5.74, 6) is -0.658. The van der Waals surface area contributed by atoms with E-state index in [4.69, 9.17) is 5.73 Å². The Labute approximate surface area is 126 Å². The Morgan fingerprint density at radius 2 is 2.19 bits per heavy atom. The Kier molecular flexibility index (Phi) is 6.60. The van der Waals surface area contributed by atoms with Gasteiger partial charge in [-0.05, 0) is 19.8 Å². The van der Waals surface area contributed by atoms with Gasteiger partial charge in [0.2, 0.25) is 5.91 Å². The van der Waals surface area contributed by atoms with Gasteiger partial charge in [-0.3, -0.25) is 9.59 Å². The Balaban J connectivity index is 2.42. The molecule has 0 aliphatic rings. The molecule has 1 atom stereocenters. The van der Waals surface area contributed by atoms with Crippen molar-refractivity contribution in [2.75, 3.05) is 12.4 Å². The zero-order chi connectivity index (χ0) is 15.8. The van der Waals surface area contributed by atoms with Crippen molar-refractivity contribution in [1.82, 2.24) is 10.3 Å². The molecule has 0 radical (unpaired) electrons. The molecule has 0 aromatic carbocycles. The number of hydrogen-bond donors (Lipinski definition) is 3. The van der Waals surface area contributed by atoms with E-state index in [2.05, 4.69) is 20.4 Å². The van der Waals surface area contributed by atoms with Crippen LogP contribution in [0.4, 0.5) is 9.93 Å². The summed E-state index contributed by atoms with van der Waals surface area (Å²) in [6.07, 6.45) is 1.58. The Morgan fingerprint density at radius 3 is 2.81 bits per heavy atom. The van der Waals surface area contributed by atoms with Gasteiger partial charge in [-0.25, -0.2) is 9.78 Å². The summed E-state index contributed by atoms with van der Waals surface area (Å²) in [7, 11) is 1.35. The van der Waals surface area contributed by atoms with E-state index in [0.29, 0.717) is 24.4 Å². The maximum Gasteiger partial charge on any atom is 0.312 e. The first-order valence-corrected chi connectivity index (χ1v) is 7.18. The molecule has 0 bridgehead atoms. The van der Waals surface area contributed by atoms with Crippen LogP contribution in [0.3, 0.4) is 0 Å². The second-order valence-corrected chi connectivity index (χ2v) is 5.15. The van der Waals surface area contributed by atoms with E-state index in [0.717, 1.165) is 5.69 Å². The maximum atomic E-state index is 11.7. The Hall–Kier alpha value is -2.16. The molecule has 4 N–H and O–H groups in total. The molecule has 0 fully saturated rings. The maximum absolute atomic E-state index is 11.7. The molecule has 8 nitrogen and oxygen atoms in total. The lowest BCUT2D eigenvalue weighted by molar-refractivity contribution is -0.140. The quantitative estimate of drug-likeness (QED) is 0.637. The molecule has 3 amide bonds. The van der Waals surface area contributed by atoms with Crippen LogP contribution in [0.1, 0.15) is 25.5 Å². The Bertz CT molecular complexity index is 517. The van der Waals surface area contributed by atoms with Gasteiger partial charge in [0.25, 0.3) is 0 Å². The predicted molar refractivity (Wildman–Crippen MR) is 77.9 cm³/mol. The topological polar surface area (TPSA) is 123 Å². The summed E-state index contributed by atoms with van der Waals surface area (Å²) in [6, 6.07) is -1.51. The molecule has 1 unspecified atom stereocenters. The van der Waals surface area contributed by atoms with Crippen LogP contribution in [0, 0.1) is 0 Å². The van der Waals surface area contributed by atoms with E-state index in [1.165, 1.54) is 25.4 Å². The lowest BCUT2D eigenvalue weighted by Crippen LogP contribution is -2.44. The van der Waals surface area contributed by atoms with Crippen molar-refractivity contribution < 1.29 is 19.1 Å². The third kappa shape index (κ3) is 6.21. The highest BCUT2D eigenvalue weighted by molar-refractivity contribution is 7.13. The highest BCUT2D eigenvalue weighted by Crippen LogP contribution is 2.17. The van der Waals surface area contributed by atoms with Crippen LogP contribution >= 0.6 is 11.3 Å². The molecule has 0 aliphatic heterocycles. The predicted octanol–water partition coefficient (Wildman–Crippen LogP) is 0.634. The van der Waals surface area contributed by atoms with Crippen LogP contribution in [0.15, 0.2) is 5.38 Å². The number of aryl methyl sites for hydroxylation is 1. The number of ether oxygens (including phenoxy) is 1. The lowest BCUT2D eigenvalue weighted by atomic mass is 10.2. The van der Waals surface area contributed by atoms with Gasteiger partial charge in [-0.2, -0.15) is 0 Å². The van der Waals surface area contributed by atoms with Crippen LogP contribution in [-0.2, 0) is 20.7 Å². The molecule has 21 heavy (non-hydrogen) atoms. The molecule has 0 saturated carbocycles. The molecule has 0 aliphatic carbocycles. The number of methoxy groups -OCH3 is 1. The molecule has 0 saturated heterocycles. The minimum atomic E-state index is -0.764. The van der Waals surface area contributed by atoms with Gasteiger partial charge in [0.1, 0.15) is 6.04 Å². The third-order valence-electron chi connectivity index (χ3n) is 2.58. The molecule has 1 aromatic rings. The zero-order valence-electron chi connectivity index (χ0n) is 11.8. The SMILES string of the molecule is COC(=O)CCCc1csc(NC(=O)C(C)NC(N)=O)n1. The van der Waals surface area contributed by atoms with Gasteiger partial charge in [-0.1, -0.05) is 0 Å². The first-order valence-electron chi connectivity index (χ1n) is 6.30. The van der Waals surface area contributed by atoms with Gasteiger partial charge < -0.3 is 21.1 Å². The number of amides is 3. The Morgan fingerprint density at radius 1 is 1.48 bits per heavy atom. The normalized spacial score (nSPS) is 11.5. The smallest absolute Gasteiger partial charge is 0.312 e. The fourth-order valence-electron chi connectivity index (χ4n) is 1.49. The number of nitrogens with zero attached hydrogens (tertiary/aromatic N) is 1. The highest BCUT2D eigenvalue weighted by Gasteiger charge is 2.15. The van der Waals surface area contributed by atoms with Gasteiger partial charge in [0.05, 0.1) is 12.8 Å². The third-order valence-corrected chi connectivity index (χ3v) is 3.38. The van der Waals surface area contributed by atoms with Crippen LogP contribution < -0.4 is 16.4 Å². The number of carbonyl (C=O) groups excluding carboxylic acids is 3. The van der Waals surface area contributed by atoms with Crippen molar-refractivity contribution in [3.63, 3.8) is 0 Å². The minimum absolute atomic E-state index is 0.259. The second kappa shape index (κ2) is 8.20. The number of hydrogen-bond acceptors (Lipinski definition) is 6. The average molecular weight is 314 g/mol. The molecular weight excluding hydrogens is 296 g/mol. The van der Waals surface area contributed by atoms with Gasteiger partial charge in [0, 0.05) is 11.8 Å². The number of nitrogens with one attached hydrogen (secondary N) is 2. The van der Waals surface area contributed by atoms with E-state index < -0.39 is 18.0 Å². The number of aromatic nitrogens is 1. The molecule has 9 heteroatoms. The monoisotopic (exact) mass is 314 g/mol. The average Bonchev–Trinajstić information content (AvgIpc) is 2.85. The number of urea groups is 1. The molecule has 0 spiro atoms. The number of esters is 1. The largest absolute Gasteiger partial charge is 0.469 e. The summed E-state index contributed by atoms with van der Waals surface area (Å²) in [5, 5.41) is 7.10. The van der Waals surface area contributed by atoms with Gasteiger partial charge >= 0.3 is 12.0 Å². The standard InChI is InChI=1S/C12H18N4O4S/c1-7(14-11(13)19)10(18)16-12-15-8(6-21-12)4-3-5-9(17)20-2/h6-7H,3-5H2,1-2H3,(H3,13,14,19)(H,15,16,18). The van der Waals surface area contributed by atoms with Crippen molar-refractivity contribution in [3.8, 4) is 0 Å². The van der Waals surface area contributed by atoms with Crippen molar-refractivity contribution in [3.05, 3.63) is 11.1 Å². The van der Waals surface area contributed by atoms with E-state index >= 15 is 0 Å². The number of carbonyl (C=O) groups is 3. The van der Waals surface area contributed by atoms with Crippen LogP contribution in [-0.4, -0.2) is 36.0 Å². The van der Waals surface area contributed by atoms with Crippen molar-refractivity contribution in [2.24, 2.45) is 5.73 Å². The van der Waals surface area contributed by atoms with Crippen LogP contribution in [0.5, 0.6) is 0 Å². The summed E-state index contributed by atoms with van der Waals surface area (Å²) in [4.78, 5) is 37.6. The first kappa shape index (κ1) is 16.9. The molecule has 1 heterocycles. The van der Waals surface area contributed by atoms with E-state index in [-0.39, 0.29) is 5.97 Å². The summed E-state index contributed by atoms with van der Waals surface area (Å²) in [6.45, 7) is 1.52. The lowest BCUT2D eigenvalue weighted by Gasteiger charge is -2.10. The number of nitrogens with two attached hydrogens (primary N) is 1. The van der Waals surface area contributed by atoms with Crippen LogP contribution in [0.2, 0.25) is 0 Å². The second-order valence-electron chi connectivity index (χ2n) is 4.29. The summed E-state index contributed by atoms with van der Waals surface area (Å²) >= 11 is 1.28. The zero-order valence-corrected chi connectivity index (χ0v) is 12.7. The van der Waals surface area contributed by atoms with Crippen LogP contribution in [0.25, 0.3) is 0 Å². The van der Waals surface area contributed by atoms with Crippen molar-refractivity contribution in [2.45, 2.75) is 32.2 Å². The summed E-state index contributed by atoms with van der Waals surface area (Å²) < 4.78 is 4.55. The van der Waals surface area contributed by atoms with E-state index in [9.17, 15) is 14.4 Å². The fourth-order valence-corrected chi connectivity index (χ4v) is 2.24. The fraction of sp³-hybridized carbons (Fsp3) is 0.500. The number of thiazole rings is 1. The first-order chi connectivity index (χ1) is 9.92. The molecule has 116 valence electrons. The van der Waals surface area contributed by atoms with Gasteiger partial charge in [-0.15, -0.1) is 11.3 Å². The molecule has 1 aromatic heterocycles. The summed E-state index contributed by atoms with van der Waals surface area (Å²) in [5.41, 5.74) is 5.73. The molecule has 1 rings (SSSR count). The van der Waals surface area contributed by atoms with Crippen molar-refractivity contribution >= 4 is 34.4 Å². The minimum Gasteiger partial charge on any atom is -0.469 e.